The van der Waals surface area contributed by atoms with Gasteiger partial charge in [-0.3, -0.25) is 4.79 Å². The Bertz CT molecular complexity index is 702. The first-order valence-electron chi connectivity index (χ1n) is 8.73. The summed E-state index contributed by atoms with van der Waals surface area (Å²) in [6, 6.07) is 13.8. The molecular formula is C21H22F2OS. The zero-order valence-electron chi connectivity index (χ0n) is 14.3. The Kier molecular flexibility index (Phi) is 5.89. The first-order chi connectivity index (χ1) is 12.0. The molecule has 132 valence electrons. The van der Waals surface area contributed by atoms with Crippen molar-refractivity contribution in [2.75, 3.05) is 0 Å². The van der Waals surface area contributed by atoms with Crippen LogP contribution in [0.15, 0.2) is 53.4 Å². The summed E-state index contributed by atoms with van der Waals surface area (Å²) in [5, 5.41) is -0.125. The van der Waals surface area contributed by atoms with Gasteiger partial charge in [-0.1, -0.05) is 56.2 Å². The van der Waals surface area contributed by atoms with Crippen molar-refractivity contribution in [2.24, 2.45) is 5.92 Å². The molecule has 0 aromatic heterocycles. The van der Waals surface area contributed by atoms with Gasteiger partial charge in [-0.25, -0.2) is 8.78 Å². The molecule has 4 heteroatoms. The molecule has 0 radical (unpaired) electrons. The predicted molar refractivity (Wildman–Crippen MR) is 98.4 cm³/mol. The first kappa shape index (κ1) is 18.1. The SMILES string of the molecule is CC1CCC(c2ccc(SC(=O)c3ccc(C(F)F)cc3)cc2)CC1. The molecule has 1 fully saturated rings. The van der Waals surface area contributed by atoms with Crippen molar-refractivity contribution < 1.29 is 13.6 Å². The molecule has 0 atom stereocenters. The number of hydrogen-bond acceptors (Lipinski definition) is 2. The number of halogens is 2. The Hall–Kier alpha value is -1.68. The maximum atomic E-state index is 12.6. The quantitative estimate of drug-likeness (QED) is 0.555. The lowest BCUT2D eigenvalue weighted by atomic mass is 9.79. The average molecular weight is 360 g/mol. The summed E-state index contributed by atoms with van der Waals surface area (Å²) in [7, 11) is 0. The maximum absolute atomic E-state index is 12.6. The van der Waals surface area contributed by atoms with E-state index in [1.165, 1.54) is 55.5 Å². The molecule has 1 saturated carbocycles. The summed E-state index contributed by atoms with van der Waals surface area (Å²) >= 11 is 1.14. The van der Waals surface area contributed by atoms with Crippen molar-refractivity contribution in [3.63, 3.8) is 0 Å². The van der Waals surface area contributed by atoms with E-state index in [9.17, 15) is 13.6 Å². The van der Waals surface area contributed by atoms with Crippen molar-refractivity contribution in [2.45, 2.75) is 49.8 Å². The minimum atomic E-state index is -2.51. The van der Waals surface area contributed by atoms with Gasteiger partial charge in [-0.05, 0) is 54.1 Å². The zero-order chi connectivity index (χ0) is 17.8. The molecule has 0 bridgehead atoms. The summed E-state index contributed by atoms with van der Waals surface area (Å²) in [5.74, 6) is 1.47. The molecule has 0 amide bonds. The summed E-state index contributed by atoms with van der Waals surface area (Å²) in [4.78, 5) is 13.2. The molecule has 3 rings (SSSR count). The monoisotopic (exact) mass is 360 g/mol. The highest BCUT2D eigenvalue weighted by molar-refractivity contribution is 8.14. The summed E-state index contributed by atoms with van der Waals surface area (Å²) in [6.45, 7) is 2.31. The van der Waals surface area contributed by atoms with E-state index in [-0.39, 0.29) is 10.7 Å². The lowest BCUT2D eigenvalue weighted by Crippen LogP contribution is -2.10. The number of carbonyl (C=O) groups is 1. The second-order valence-corrected chi connectivity index (χ2v) is 7.88. The lowest BCUT2D eigenvalue weighted by molar-refractivity contribution is 0.108. The smallest absolute Gasteiger partial charge is 0.263 e. The predicted octanol–water partition coefficient (Wildman–Crippen LogP) is 6.85. The second kappa shape index (κ2) is 8.13. The summed E-state index contributed by atoms with van der Waals surface area (Å²) in [5.41, 5.74) is 1.73. The van der Waals surface area contributed by atoms with E-state index in [1.54, 1.807) is 0 Å². The van der Waals surface area contributed by atoms with Crippen LogP contribution in [0, 0.1) is 5.92 Å². The molecule has 0 heterocycles. The van der Waals surface area contributed by atoms with Gasteiger partial charge in [-0.15, -0.1) is 0 Å². The zero-order valence-corrected chi connectivity index (χ0v) is 15.1. The van der Waals surface area contributed by atoms with Crippen LogP contribution in [0.3, 0.4) is 0 Å². The standard InChI is InChI=1S/C21H22F2OS/c1-14-2-4-15(5-3-14)16-10-12-19(13-11-16)25-21(24)18-8-6-17(7-9-18)20(22)23/h6-15,20H,2-5H2,1H3. The Balaban J connectivity index is 1.61. The number of alkyl halides is 2. The van der Waals surface area contributed by atoms with Gasteiger partial charge >= 0.3 is 0 Å². The largest absolute Gasteiger partial charge is 0.281 e. The topological polar surface area (TPSA) is 17.1 Å². The Morgan fingerprint density at radius 1 is 0.960 bits per heavy atom. The third-order valence-electron chi connectivity index (χ3n) is 4.98. The highest BCUT2D eigenvalue weighted by Crippen LogP contribution is 2.36. The van der Waals surface area contributed by atoms with Gasteiger partial charge < -0.3 is 0 Å². The Morgan fingerprint density at radius 3 is 2.12 bits per heavy atom. The molecule has 25 heavy (non-hydrogen) atoms. The van der Waals surface area contributed by atoms with E-state index < -0.39 is 6.43 Å². The van der Waals surface area contributed by atoms with Gasteiger partial charge in [0, 0.05) is 16.0 Å². The Morgan fingerprint density at radius 2 is 1.56 bits per heavy atom. The molecule has 0 saturated heterocycles. The van der Waals surface area contributed by atoms with Crippen LogP contribution in [0.5, 0.6) is 0 Å². The van der Waals surface area contributed by atoms with E-state index in [2.05, 4.69) is 19.1 Å². The fraction of sp³-hybridized carbons (Fsp3) is 0.381. The summed E-state index contributed by atoms with van der Waals surface area (Å²) in [6.07, 6.45) is 2.54. The van der Waals surface area contributed by atoms with Crippen LogP contribution in [0.25, 0.3) is 0 Å². The van der Waals surface area contributed by atoms with Crippen molar-refractivity contribution in [3.05, 3.63) is 65.2 Å². The second-order valence-electron chi connectivity index (χ2n) is 6.84. The minimum absolute atomic E-state index is 0.0623. The van der Waals surface area contributed by atoms with Crippen LogP contribution < -0.4 is 0 Å². The van der Waals surface area contributed by atoms with Gasteiger partial charge in [0.05, 0.1) is 0 Å². The fourth-order valence-corrected chi connectivity index (χ4v) is 4.07. The molecule has 1 aliphatic rings. The van der Waals surface area contributed by atoms with Gasteiger partial charge in [0.25, 0.3) is 6.43 Å². The fourth-order valence-electron chi connectivity index (χ4n) is 3.33. The normalized spacial score (nSPS) is 20.6. The van der Waals surface area contributed by atoms with E-state index >= 15 is 0 Å². The van der Waals surface area contributed by atoms with Gasteiger partial charge in [0.1, 0.15) is 0 Å². The van der Waals surface area contributed by atoms with Crippen LogP contribution in [0.1, 0.15) is 66.4 Å². The van der Waals surface area contributed by atoms with Crippen LogP contribution >= 0.6 is 11.8 Å². The number of benzene rings is 2. The van der Waals surface area contributed by atoms with Crippen LogP contribution in [0.2, 0.25) is 0 Å². The third-order valence-corrected chi connectivity index (χ3v) is 5.91. The van der Waals surface area contributed by atoms with Gasteiger partial charge in [0.2, 0.25) is 5.12 Å². The Labute approximate surface area is 151 Å². The minimum Gasteiger partial charge on any atom is -0.281 e. The lowest BCUT2D eigenvalue weighted by Gasteiger charge is -2.26. The molecule has 0 spiro atoms. The summed E-state index contributed by atoms with van der Waals surface area (Å²) < 4.78 is 25.1. The van der Waals surface area contributed by atoms with Crippen molar-refractivity contribution in [1.29, 1.82) is 0 Å². The van der Waals surface area contributed by atoms with Crippen molar-refractivity contribution in [1.82, 2.24) is 0 Å². The number of carbonyl (C=O) groups excluding carboxylic acids is 1. The number of thioether (sulfide) groups is 1. The molecular weight excluding hydrogens is 338 g/mol. The molecule has 0 aliphatic heterocycles. The van der Waals surface area contributed by atoms with Crippen molar-refractivity contribution >= 4 is 16.9 Å². The van der Waals surface area contributed by atoms with Crippen molar-refractivity contribution in [3.8, 4) is 0 Å². The van der Waals surface area contributed by atoms with Gasteiger partial charge in [-0.2, -0.15) is 0 Å². The number of rotatable bonds is 4. The maximum Gasteiger partial charge on any atom is 0.263 e. The van der Waals surface area contributed by atoms with E-state index in [4.69, 9.17) is 0 Å². The highest BCUT2D eigenvalue weighted by Gasteiger charge is 2.19. The molecule has 1 aliphatic carbocycles. The molecule has 2 aromatic rings. The van der Waals surface area contributed by atoms with E-state index in [0.717, 1.165) is 22.6 Å². The van der Waals surface area contributed by atoms with Crippen LogP contribution in [-0.2, 0) is 0 Å². The van der Waals surface area contributed by atoms with E-state index in [0.29, 0.717) is 11.5 Å². The first-order valence-corrected chi connectivity index (χ1v) is 9.55. The average Bonchev–Trinajstić information content (AvgIpc) is 2.63. The molecule has 0 N–H and O–H groups in total. The highest BCUT2D eigenvalue weighted by atomic mass is 32.2. The van der Waals surface area contributed by atoms with Crippen LogP contribution in [-0.4, -0.2) is 5.12 Å². The van der Waals surface area contributed by atoms with Crippen LogP contribution in [0.4, 0.5) is 8.78 Å². The number of hydrogen-bond donors (Lipinski definition) is 0. The molecule has 2 aromatic carbocycles. The van der Waals surface area contributed by atoms with E-state index in [1.807, 2.05) is 12.1 Å². The molecule has 1 nitrogen and oxygen atoms in total. The molecule has 0 unspecified atom stereocenters. The van der Waals surface area contributed by atoms with Gasteiger partial charge in [0.15, 0.2) is 0 Å². The third kappa shape index (κ3) is 4.69.